The van der Waals surface area contributed by atoms with E-state index in [9.17, 15) is 9.18 Å². The van der Waals surface area contributed by atoms with Gasteiger partial charge in [0.05, 0.1) is 5.56 Å². The molecular weight excluding hydrogens is 292 g/mol. The summed E-state index contributed by atoms with van der Waals surface area (Å²) in [6.45, 7) is 0.233. The lowest BCUT2D eigenvalue weighted by atomic mass is 9.83. The first kappa shape index (κ1) is 16.5. The molecule has 2 radical (unpaired) electrons. The van der Waals surface area contributed by atoms with Crippen LogP contribution in [0.4, 0.5) is 4.39 Å². The predicted molar refractivity (Wildman–Crippen MR) is 88.4 cm³/mol. The maximum absolute atomic E-state index is 14.1. The number of hydrogen-bond acceptors (Lipinski definition) is 2. The fourth-order valence-corrected chi connectivity index (χ4v) is 3.72. The van der Waals surface area contributed by atoms with Crippen LogP contribution in [0.1, 0.15) is 55.3 Å². The summed E-state index contributed by atoms with van der Waals surface area (Å²) in [6, 6.07) is 4.76. The van der Waals surface area contributed by atoms with E-state index < -0.39 is 5.82 Å². The van der Waals surface area contributed by atoms with Crippen LogP contribution < -0.4 is 5.46 Å². The largest absolute Gasteiger partial charge is 0.396 e. The van der Waals surface area contributed by atoms with Gasteiger partial charge in [0, 0.05) is 18.7 Å². The fourth-order valence-electron chi connectivity index (χ4n) is 3.72. The summed E-state index contributed by atoms with van der Waals surface area (Å²) >= 11 is 0. The zero-order valence-electron chi connectivity index (χ0n) is 13.4. The second-order valence-electron chi connectivity index (χ2n) is 6.87. The molecule has 3 rings (SSSR count). The van der Waals surface area contributed by atoms with Crippen LogP contribution in [0.25, 0.3) is 0 Å². The van der Waals surface area contributed by atoms with E-state index in [1.54, 1.807) is 6.07 Å². The van der Waals surface area contributed by atoms with Gasteiger partial charge in [0.15, 0.2) is 0 Å². The van der Waals surface area contributed by atoms with Gasteiger partial charge < -0.3 is 10.0 Å². The van der Waals surface area contributed by atoms with E-state index in [1.807, 2.05) is 4.90 Å². The normalized spacial score (nSPS) is 24.4. The lowest BCUT2D eigenvalue weighted by Crippen LogP contribution is -2.44. The van der Waals surface area contributed by atoms with E-state index in [-0.39, 0.29) is 30.2 Å². The number of carbonyl (C=O) groups excluding carboxylic acids is 1. The fraction of sp³-hybridized carbons (Fsp3) is 0.611. The van der Waals surface area contributed by atoms with Crippen LogP contribution in [0, 0.1) is 11.7 Å². The van der Waals surface area contributed by atoms with Gasteiger partial charge in [-0.15, -0.1) is 0 Å². The predicted octanol–water partition coefficient (Wildman–Crippen LogP) is 2.17. The van der Waals surface area contributed by atoms with Gasteiger partial charge >= 0.3 is 0 Å². The van der Waals surface area contributed by atoms with Crippen molar-refractivity contribution < 1.29 is 14.3 Å². The summed E-state index contributed by atoms with van der Waals surface area (Å²) in [5.41, 5.74) is 0.463. The van der Waals surface area contributed by atoms with Crippen molar-refractivity contribution in [3.63, 3.8) is 0 Å². The zero-order chi connectivity index (χ0) is 16.4. The van der Waals surface area contributed by atoms with Crippen molar-refractivity contribution in [2.24, 2.45) is 5.92 Å². The average Bonchev–Trinajstić information content (AvgIpc) is 3.34. The monoisotopic (exact) mass is 315 g/mol. The summed E-state index contributed by atoms with van der Waals surface area (Å²) in [6.07, 6.45) is 6.83. The molecule has 122 valence electrons. The van der Waals surface area contributed by atoms with Crippen molar-refractivity contribution in [1.82, 2.24) is 4.90 Å². The molecule has 1 amide bonds. The molecule has 0 heterocycles. The van der Waals surface area contributed by atoms with Crippen molar-refractivity contribution >= 4 is 19.2 Å². The van der Waals surface area contributed by atoms with Gasteiger partial charge in [-0.05, 0) is 63.0 Å². The van der Waals surface area contributed by atoms with Crippen molar-refractivity contribution in [2.45, 2.75) is 57.0 Å². The molecule has 0 aromatic heterocycles. The van der Waals surface area contributed by atoms with Crippen LogP contribution in [0.15, 0.2) is 18.2 Å². The molecule has 2 aliphatic rings. The molecule has 1 aromatic carbocycles. The van der Waals surface area contributed by atoms with Gasteiger partial charge in [-0.2, -0.15) is 0 Å². The maximum atomic E-state index is 14.1. The van der Waals surface area contributed by atoms with Crippen LogP contribution in [0.2, 0.25) is 0 Å². The van der Waals surface area contributed by atoms with E-state index in [4.69, 9.17) is 13.0 Å². The molecule has 2 aliphatic carbocycles. The van der Waals surface area contributed by atoms with Gasteiger partial charge in [-0.25, -0.2) is 4.39 Å². The van der Waals surface area contributed by atoms with Crippen LogP contribution >= 0.6 is 0 Å². The first-order valence-corrected chi connectivity index (χ1v) is 8.58. The minimum absolute atomic E-state index is 0.128. The van der Waals surface area contributed by atoms with Crippen molar-refractivity contribution in [1.29, 1.82) is 0 Å². The molecule has 1 aromatic rings. The first-order chi connectivity index (χ1) is 11.1. The number of rotatable bonds is 5. The van der Waals surface area contributed by atoms with Gasteiger partial charge in [0.25, 0.3) is 5.91 Å². The SMILES string of the molecule is [B]c1ccc(C(=O)N(C2CCC(CCO)CC2)C2CC2)c(F)c1. The van der Waals surface area contributed by atoms with E-state index in [0.717, 1.165) is 44.9 Å². The number of halogens is 1. The van der Waals surface area contributed by atoms with E-state index in [2.05, 4.69) is 0 Å². The van der Waals surface area contributed by atoms with Crippen LogP contribution in [-0.4, -0.2) is 42.5 Å². The summed E-state index contributed by atoms with van der Waals surface area (Å²) in [5, 5.41) is 9.07. The highest BCUT2D eigenvalue weighted by atomic mass is 19.1. The van der Waals surface area contributed by atoms with Crippen LogP contribution in [-0.2, 0) is 0 Å². The molecule has 0 unspecified atom stereocenters. The molecule has 0 saturated heterocycles. The lowest BCUT2D eigenvalue weighted by molar-refractivity contribution is 0.0573. The Hall–Kier alpha value is -1.36. The average molecular weight is 315 g/mol. The molecule has 23 heavy (non-hydrogen) atoms. The molecule has 2 fully saturated rings. The van der Waals surface area contributed by atoms with Crippen molar-refractivity contribution in [3.05, 3.63) is 29.6 Å². The Morgan fingerprint density at radius 3 is 2.30 bits per heavy atom. The summed E-state index contributed by atoms with van der Waals surface area (Å²) in [5.74, 6) is -0.175. The number of hydrogen-bond donors (Lipinski definition) is 1. The third kappa shape index (κ3) is 3.77. The highest BCUT2D eigenvalue weighted by Crippen LogP contribution is 2.37. The number of nitrogens with zero attached hydrogens (tertiary/aromatic N) is 1. The highest BCUT2D eigenvalue weighted by molar-refractivity contribution is 6.32. The van der Waals surface area contributed by atoms with Gasteiger partial charge in [0.1, 0.15) is 13.7 Å². The third-order valence-electron chi connectivity index (χ3n) is 5.15. The molecule has 1 N–H and O–H groups in total. The van der Waals surface area contributed by atoms with Gasteiger partial charge in [-0.3, -0.25) is 4.79 Å². The Morgan fingerprint density at radius 2 is 1.78 bits per heavy atom. The molecule has 0 bridgehead atoms. The Balaban J connectivity index is 1.73. The Bertz CT molecular complexity index is 568. The minimum atomic E-state index is -0.533. The smallest absolute Gasteiger partial charge is 0.257 e. The number of benzene rings is 1. The Labute approximate surface area is 138 Å². The van der Waals surface area contributed by atoms with E-state index >= 15 is 0 Å². The maximum Gasteiger partial charge on any atom is 0.257 e. The molecule has 5 heteroatoms. The molecule has 0 atom stereocenters. The van der Waals surface area contributed by atoms with Crippen molar-refractivity contribution in [3.8, 4) is 0 Å². The second kappa shape index (κ2) is 7.04. The van der Waals surface area contributed by atoms with Crippen LogP contribution in [0.5, 0.6) is 0 Å². The standard InChI is InChI=1S/C18H23BFNO2/c19-13-3-8-16(17(20)11-13)18(23)21(15-6-7-15)14-4-1-12(2-5-14)9-10-22/h3,8,11-12,14-15,22H,1-2,4-7,9-10H2. The zero-order valence-corrected chi connectivity index (χ0v) is 13.4. The summed E-state index contributed by atoms with van der Waals surface area (Å²) in [4.78, 5) is 14.8. The molecule has 0 aliphatic heterocycles. The van der Waals surface area contributed by atoms with Gasteiger partial charge in [-0.1, -0.05) is 11.5 Å². The van der Waals surface area contributed by atoms with Crippen LogP contribution in [0.3, 0.4) is 0 Å². The lowest BCUT2D eigenvalue weighted by Gasteiger charge is -2.37. The Kier molecular flexibility index (Phi) is 5.05. The molecule has 3 nitrogen and oxygen atoms in total. The van der Waals surface area contributed by atoms with E-state index in [0.29, 0.717) is 11.4 Å². The quantitative estimate of drug-likeness (QED) is 0.846. The number of amides is 1. The van der Waals surface area contributed by atoms with E-state index in [1.165, 1.54) is 12.1 Å². The number of carbonyl (C=O) groups is 1. The molecule has 0 spiro atoms. The first-order valence-electron chi connectivity index (χ1n) is 8.58. The molecular formula is C18H23BFNO2. The summed E-state index contributed by atoms with van der Waals surface area (Å²) in [7, 11) is 5.58. The Morgan fingerprint density at radius 1 is 1.17 bits per heavy atom. The topological polar surface area (TPSA) is 40.5 Å². The number of aliphatic hydroxyl groups is 1. The summed E-state index contributed by atoms with van der Waals surface area (Å²) < 4.78 is 14.1. The highest BCUT2D eigenvalue weighted by Gasteiger charge is 2.39. The minimum Gasteiger partial charge on any atom is -0.396 e. The third-order valence-corrected chi connectivity index (χ3v) is 5.15. The van der Waals surface area contributed by atoms with Crippen molar-refractivity contribution in [2.75, 3.05) is 6.61 Å². The number of aliphatic hydroxyl groups excluding tert-OH is 1. The second-order valence-corrected chi connectivity index (χ2v) is 6.87. The molecule has 2 saturated carbocycles. The van der Waals surface area contributed by atoms with Gasteiger partial charge in [0.2, 0.25) is 0 Å².